The van der Waals surface area contributed by atoms with Gasteiger partial charge in [-0.3, -0.25) is 9.36 Å². The molecule has 4 heteroatoms. The van der Waals surface area contributed by atoms with E-state index in [1.54, 1.807) is 0 Å². The van der Waals surface area contributed by atoms with E-state index in [9.17, 15) is 4.79 Å². The first-order valence-electron chi connectivity index (χ1n) is 8.88. The first-order valence-corrected chi connectivity index (χ1v) is 8.88. The molecule has 1 aliphatic heterocycles. The summed E-state index contributed by atoms with van der Waals surface area (Å²) in [4.78, 5) is 13.3. The highest BCUT2D eigenvalue weighted by Crippen LogP contribution is 2.41. The normalized spacial score (nSPS) is 15.8. The molecule has 0 unspecified atom stereocenters. The van der Waals surface area contributed by atoms with Crippen molar-refractivity contribution in [3.05, 3.63) is 59.3 Å². The van der Waals surface area contributed by atoms with Crippen LogP contribution in [0, 0.1) is 0 Å². The Bertz CT molecular complexity index is 972. The van der Waals surface area contributed by atoms with Gasteiger partial charge in [0.15, 0.2) is 11.5 Å². The number of benzene rings is 2. The van der Waals surface area contributed by atoms with Gasteiger partial charge in [-0.1, -0.05) is 24.6 Å². The second-order valence-corrected chi connectivity index (χ2v) is 6.72. The molecule has 2 aromatic carbocycles. The van der Waals surface area contributed by atoms with Crippen LogP contribution in [-0.2, 0) is 12.8 Å². The lowest BCUT2D eigenvalue weighted by Gasteiger charge is -2.10. The fourth-order valence-corrected chi connectivity index (χ4v) is 4.05. The Morgan fingerprint density at radius 2 is 1.68 bits per heavy atom. The molecule has 0 bridgehead atoms. The highest BCUT2D eigenvalue weighted by Gasteiger charge is 2.26. The van der Waals surface area contributed by atoms with Crippen molar-refractivity contribution in [3.8, 4) is 11.5 Å². The average molecular weight is 333 g/mol. The number of carbonyl (C=O) groups is 1. The van der Waals surface area contributed by atoms with Crippen LogP contribution < -0.4 is 9.47 Å². The van der Waals surface area contributed by atoms with Crippen molar-refractivity contribution in [2.45, 2.75) is 32.1 Å². The molecule has 2 heterocycles. The Hall–Kier alpha value is -2.75. The lowest BCUT2D eigenvalue weighted by Crippen LogP contribution is -2.15. The zero-order valence-electron chi connectivity index (χ0n) is 14.0. The van der Waals surface area contributed by atoms with Crippen molar-refractivity contribution < 1.29 is 14.3 Å². The first-order chi connectivity index (χ1) is 12.3. The van der Waals surface area contributed by atoms with Gasteiger partial charge in [0.2, 0.25) is 6.79 Å². The minimum absolute atomic E-state index is 0.0348. The van der Waals surface area contributed by atoms with Gasteiger partial charge >= 0.3 is 0 Å². The minimum Gasteiger partial charge on any atom is -0.454 e. The number of hydrogen-bond acceptors (Lipinski definition) is 3. The van der Waals surface area contributed by atoms with Gasteiger partial charge in [-0.2, -0.15) is 0 Å². The van der Waals surface area contributed by atoms with E-state index in [2.05, 4.69) is 6.07 Å². The summed E-state index contributed by atoms with van der Waals surface area (Å²) < 4.78 is 13.0. The summed E-state index contributed by atoms with van der Waals surface area (Å²) in [6.07, 6.45) is 5.45. The maximum Gasteiger partial charge on any atom is 0.262 e. The smallest absolute Gasteiger partial charge is 0.262 e. The summed E-state index contributed by atoms with van der Waals surface area (Å²) in [5.41, 5.74) is 4.11. The second-order valence-electron chi connectivity index (χ2n) is 6.72. The van der Waals surface area contributed by atoms with Gasteiger partial charge in [-0.05, 0) is 49.4 Å². The molecule has 0 radical (unpaired) electrons. The largest absolute Gasteiger partial charge is 0.454 e. The number of aryl methyl sites for hydroxylation is 1. The van der Waals surface area contributed by atoms with Gasteiger partial charge < -0.3 is 9.47 Å². The molecule has 1 aromatic heterocycles. The van der Waals surface area contributed by atoms with Gasteiger partial charge in [0.05, 0.1) is 5.52 Å². The third-order valence-corrected chi connectivity index (χ3v) is 5.24. The molecule has 1 aliphatic carbocycles. The topological polar surface area (TPSA) is 40.5 Å². The number of carbonyl (C=O) groups excluding carboxylic acids is 1. The lowest BCUT2D eigenvalue weighted by molar-refractivity contribution is 0.0962. The molecule has 0 spiro atoms. The van der Waals surface area contributed by atoms with Crippen LogP contribution >= 0.6 is 0 Å². The highest BCUT2D eigenvalue weighted by molar-refractivity contribution is 6.04. The second kappa shape index (κ2) is 5.66. The lowest BCUT2D eigenvalue weighted by atomic mass is 10.1. The van der Waals surface area contributed by atoms with Gasteiger partial charge in [0, 0.05) is 22.7 Å². The zero-order chi connectivity index (χ0) is 16.8. The van der Waals surface area contributed by atoms with Crippen molar-refractivity contribution in [3.63, 3.8) is 0 Å². The number of hydrogen-bond donors (Lipinski definition) is 0. The Morgan fingerprint density at radius 3 is 2.52 bits per heavy atom. The molecule has 0 saturated carbocycles. The van der Waals surface area contributed by atoms with E-state index in [4.69, 9.17) is 9.47 Å². The van der Waals surface area contributed by atoms with Crippen LogP contribution in [0.1, 0.15) is 40.9 Å². The van der Waals surface area contributed by atoms with Crippen molar-refractivity contribution in [2.75, 3.05) is 6.79 Å². The van der Waals surface area contributed by atoms with Crippen molar-refractivity contribution in [1.29, 1.82) is 0 Å². The van der Waals surface area contributed by atoms with E-state index in [-0.39, 0.29) is 12.7 Å². The summed E-state index contributed by atoms with van der Waals surface area (Å²) in [6, 6.07) is 13.5. The molecule has 0 N–H and O–H groups in total. The van der Waals surface area contributed by atoms with Crippen LogP contribution in [0.15, 0.2) is 42.5 Å². The van der Waals surface area contributed by atoms with Gasteiger partial charge in [-0.15, -0.1) is 0 Å². The van der Waals surface area contributed by atoms with E-state index >= 15 is 0 Å². The van der Waals surface area contributed by atoms with Crippen LogP contribution in [0.25, 0.3) is 10.9 Å². The van der Waals surface area contributed by atoms with Gasteiger partial charge in [0.25, 0.3) is 5.91 Å². The quantitative estimate of drug-likeness (QED) is 0.623. The summed E-state index contributed by atoms with van der Waals surface area (Å²) in [5, 5.41) is 1.13. The van der Waals surface area contributed by atoms with Crippen LogP contribution in [0.2, 0.25) is 0 Å². The Morgan fingerprint density at radius 1 is 0.920 bits per heavy atom. The van der Waals surface area contributed by atoms with E-state index < -0.39 is 0 Å². The van der Waals surface area contributed by atoms with E-state index in [1.165, 1.54) is 18.4 Å². The summed E-state index contributed by atoms with van der Waals surface area (Å²) in [5.74, 6) is 1.54. The highest BCUT2D eigenvalue weighted by atomic mass is 16.7. The minimum atomic E-state index is 0.0348. The number of aromatic nitrogens is 1. The summed E-state index contributed by atoms with van der Waals surface area (Å²) >= 11 is 0. The van der Waals surface area contributed by atoms with Gasteiger partial charge in [-0.25, -0.2) is 0 Å². The Labute approximate surface area is 146 Å². The summed E-state index contributed by atoms with van der Waals surface area (Å²) in [6.45, 7) is 0.247. The van der Waals surface area contributed by atoms with E-state index in [0.717, 1.165) is 47.4 Å². The van der Waals surface area contributed by atoms with Crippen molar-refractivity contribution in [1.82, 2.24) is 4.57 Å². The fourth-order valence-electron chi connectivity index (χ4n) is 4.05. The molecular weight excluding hydrogens is 314 g/mol. The van der Waals surface area contributed by atoms with Crippen molar-refractivity contribution in [2.24, 2.45) is 0 Å². The molecule has 25 heavy (non-hydrogen) atoms. The number of ether oxygens (including phenoxy) is 2. The standard InChI is InChI=1S/C21H19NO3/c23-21(14-7-3-1-4-8-14)22-17-10-6-2-5-9-15(17)16-11-19-20(12-18(16)22)25-13-24-19/h1,3-4,7-8,11-12H,2,5-6,9-10,13H2. The number of nitrogens with zero attached hydrogens (tertiary/aromatic N) is 1. The zero-order valence-corrected chi connectivity index (χ0v) is 14.0. The Kier molecular flexibility index (Phi) is 3.30. The van der Waals surface area contributed by atoms with E-state index in [1.807, 2.05) is 41.0 Å². The third-order valence-electron chi connectivity index (χ3n) is 5.24. The van der Waals surface area contributed by atoms with E-state index in [0.29, 0.717) is 5.56 Å². The SMILES string of the molecule is O=C(c1ccccc1)n1c2c(c3cc4c(cc31)OCO4)CCCCC2. The maximum atomic E-state index is 13.3. The van der Waals surface area contributed by atoms with Crippen LogP contribution in [0.3, 0.4) is 0 Å². The molecule has 0 atom stereocenters. The number of rotatable bonds is 1. The number of fused-ring (bicyclic) bond motifs is 4. The molecule has 126 valence electrons. The predicted octanol–water partition coefficient (Wildman–Crippen LogP) is 4.33. The maximum absolute atomic E-state index is 13.3. The van der Waals surface area contributed by atoms with Crippen molar-refractivity contribution >= 4 is 16.8 Å². The molecule has 0 saturated heterocycles. The molecule has 4 nitrogen and oxygen atoms in total. The molecule has 0 amide bonds. The van der Waals surface area contributed by atoms with Gasteiger partial charge in [0.1, 0.15) is 0 Å². The van der Waals surface area contributed by atoms with Crippen LogP contribution in [-0.4, -0.2) is 17.3 Å². The first kappa shape index (κ1) is 14.6. The molecule has 5 rings (SSSR count). The van der Waals surface area contributed by atoms with Crippen LogP contribution in [0.4, 0.5) is 0 Å². The molecule has 3 aromatic rings. The average Bonchev–Trinajstić information content (AvgIpc) is 3.13. The Balaban J connectivity index is 1.79. The third kappa shape index (κ3) is 2.24. The monoisotopic (exact) mass is 333 g/mol. The molecular formula is C21H19NO3. The summed E-state index contributed by atoms with van der Waals surface area (Å²) in [7, 11) is 0. The molecule has 2 aliphatic rings. The van der Waals surface area contributed by atoms with Crippen LogP contribution in [0.5, 0.6) is 11.5 Å². The molecule has 0 fully saturated rings. The predicted molar refractivity (Wildman–Crippen MR) is 95.5 cm³/mol. The fraction of sp³-hybridized carbons (Fsp3) is 0.286.